The van der Waals surface area contributed by atoms with Gasteiger partial charge in [-0.25, -0.2) is 0 Å². The van der Waals surface area contributed by atoms with Gasteiger partial charge in [0, 0.05) is 27.3 Å². The molecule has 5 nitrogen and oxygen atoms in total. The number of benzene rings is 2. The van der Waals surface area contributed by atoms with Crippen molar-refractivity contribution in [2.45, 2.75) is 18.7 Å². The predicted octanol–water partition coefficient (Wildman–Crippen LogP) is 4.79. The van der Waals surface area contributed by atoms with Crippen LogP contribution in [0.2, 0.25) is 0 Å². The maximum Gasteiger partial charge on any atom is 0.351 e. The Hall–Kier alpha value is -1.91. The largest absolute Gasteiger partial charge is 0.497 e. The fourth-order valence-corrected chi connectivity index (χ4v) is 5.21. The van der Waals surface area contributed by atoms with Crippen LogP contribution in [0.5, 0.6) is 5.75 Å². The first-order chi connectivity index (χ1) is 13.1. The van der Waals surface area contributed by atoms with Crippen molar-refractivity contribution >= 4 is 7.60 Å². The lowest BCUT2D eigenvalue weighted by atomic mass is 10.0. The highest BCUT2D eigenvalue weighted by Crippen LogP contribution is 2.62. The van der Waals surface area contributed by atoms with Gasteiger partial charge in [-0.15, -0.1) is 0 Å². The highest BCUT2D eigenvalue weighted by molar-refractivity contribution is 7.54. The number of allylic oxidation sites excluding steroid dienone is 1. The monoisotopic (exact) mass is 387 g/mol. The van der Waals surface area contributed by atoms with Crippen LogP contribution in [0.4, 0.5) is 0 Å². The zero-order valence-electron chi connectivity index (χ0n) is 16.0. The van der Waals surface area contributed by atoms with Gasteiger partial charge in [0.15, 0.2) is 0 Å². The van der Waals surface area contributed by atoms with E-state index in [1.807, 2.05) is 42.5 Å². The fraction of sp³-hybridized carbons (Fsp3) is 0.333. The number of hydrogen-bond donors (Lipinski definition) is 0. The van der Waals surface area contributed by atoms with Gasteiger partial charge in [0.05, 0.1) is 7.11 Å². The van der Waals surface area contributed by atoms with Crippen molar-refractivity contribution in [1.82, 2.24) is 4.90 Å². The Kier molecular flexibility index (Phi) is 6.51. The second-order valence-electron chi connectivity index (χ2n) is 6.43. The standard InChI is InChI=1S/C21H26NO4P/c1-24-19-12-8-9-17(15-19)16-22-14-7-6-11-18-10-4-5-13-20(18)21(22)27(23,25-2)26-3/h4-10,12-13,15,21H,11,14,16H2,1-3H3/b7-6-. The summed E-state index contributed by atoms with van der Waals surface area (Å²) < 4.78 is 29.7. The van der Waals surface area contributed by atoms with Crippen LogP contribution < -0.4 is 4.74 Å². The molecule has 2 aromatic rings. The third kappa shape index (κ3) is 4.33. The van der Waals surface area contributed by atoms with E-state index in [9.17, 15) is 4.57 Å². The van der Waals surface area contributed by atoms with Crippen molar-refractivity contribution in [1.29, 1.82) is 0 Å². The normalized spacial score (nSPS) is 19.0. The van der Waals surface area contributed by atoms with Crippen LogP contribution >= 0.6 is 7.60 Å². The Morgan fingerprint density at radius 3 is 2.56 bits per heavy atom. The molecule has 0 fully saturated rings. The second kappa shape index (κ2) is 8.85. The summed E-state index contributed by atoms with van der Waals surface area (Å²) in [5, 5.41) is 0. The lowest BCUT2D eigenvalue weighted by Gasteiger charge is -2.36. The molecule has 1 heterocycles. The van der Waals surface area contributed by atoms with Crippen LogP contribution in [0.15, 0.2) is 60.7 Å². The van der Waals surface area contributed by atoms with Crippen LogP contribution in [0.3, 0.4) is 0 Å². The molecule has 0 N–H and O–H groups in total. The summed E-state index contributed by atoms with van der Waals surface area (Å²) in [6, 6.07) is 16.0. The number of hydrogen-bond acceptors (Lipinski definition) is 5. The van der Waals surface area contributed by atoms with E-state index in [0.29, 0.717) is 13.1 Å². The quantitative estimate of drug-likeness (QED) is 0.527. The molecule has 3 rings (SSSR count). The molecule has 1 aliphatic rings. The molecule has 0 saturated carbocycles. The van der Waals surface area contributed by atoms with E-state index in [0.717, 1.165) is 28.9 Å². The molecule has 2 aromatic carbocycles. The molecule has 1 aliphatic heterocycles. The van der Waals surface area contributed by atoms with Gasteiger partial charge in [-0.2, -0.15) is 0 Å². The van der Waals surface area contributed by atoms with E-state index in [-0.39, 0.29) is 0 Å². The van der Waals surface area contributed by atoms with Gasteiger partial charge in [0.25, 0.3) is 0 Å². The molecule has 144 valence electrons. The lowest BCUT2D eigenvalue weighted by Crippen LogP contribution is -2.31. The smallest absolute Gasteiger partial charge is 0.351 e. The second-order valence-corrected chi connectivity index (χ2v) is 8.73. The summed E-state index contributed by atoms with van der Waals surface area (Å²) in [6.07, 6.45) is 5.06. The van der Waals surface area contributed by atoms with Gasteiger partial charge in [-0.1, -0.05) is 48.6 Å². The number of nitrogens with zero attached hydrogens (tertiary/aromatic N) is 1. The van der Waals surface area contributed by atoms with Crippen molar-refractivity contribution in [2.75, 3.05) is 27.9 Å². The minimum Gasteiger partial charge on any atom is -0.497 e. The van der Waals surface area contributed by atoms with E-state index in [1.165, 1.54) is 14.2 Å². The van der Waals surface area contributed by atoms with Gasteiger partial charge in [-0.3, -0.25) is 9.46 Å². The summed E-state index contributed by atoms with van der Waals surface area (Å²) in [7, 11) is 1.17. The molecule has 0 bridgehead atoms. The molecule has 1 atom stereocenters. The highest BCUT2D eigenvalue weighted by atomic mass is 31.2. The molecule has 6 heteroatoms. The Labute approximate surface area is 161 Å². The summed E-state index contributed by atoms with van der Waals surface area (Å²) >= 11 is 0. The Balaban J connectivity index is 2.06. The molecular formula is C21H26NO4P. The SMILES string of the molecule is COc1cccc(CN2C/C=C\Cc3ccccc3C2P(=O)(OC)OC)c1. The average molecular weight is 387 g/mol. The summed E-state index contributed by atoms with van der Waals surface area (Å²) in [6.45, 7) is 1.24. The predicted molar refractivity (Wildman–Crippen MR) is 107 cm³/mol. The van der Waals surface area contributed by atoms with E-state index in [1.54, 1.807) is 7.11 Å². The summed E-state index contributed by atoms with van der Waals surface area (Å²) in [5.74, 6) is 0.313. The van der Waals surface area contributed by atoms with Gasteiger partial charge < -0.3 is 13.8 Å². The molecule has 0 aromatic heterocycles. The van der Waals surface area contributed by atoms with E-state index in [4.69, 9.17) is 13.8 Å². The zero-order valence-corrected chi connectivity index (χ0v) is 16.9. The molecule has 0 saturated heterocycles. The minimum absolute atomic E-state index is 0.486. The van der Waals surface area contributed by atoms with Crippen molar-refractivity contribution in [3.8, 4) is 5.75 Å². The topological polar surface area (TPSA) is 48.0 Å². The summed E-state index contributed by atoms with van der Waals surface area (Å²) in [4.78, 5) is 2.14. The number of methoxy groups -OCH3 is 1. The fourth-order valence-electron chi connectivity index (χ4n) is 3.49. The third-order valence-electron chi connectivity index (χ3n) is 4.85. The first-order valence-electron chi connectivity index (χ1n) is 8.92. The number of fused-ring (bicyclic) bond motifs is 1. The van der Waals surface area contributed by atoms with Gasteiger partial charge >= 0.3 is 7.60 Å². The van der Waals surface area contributed by atoms with Crippen LogP contribution in [-0.2, 0) is 26.6 Å². The molecule has 1 unspecified atom stereocenters. The van der Waals surface area contributed by atoms with Crippen molar-refractivity contribution in [3.63, 3.8) is 0 Å². The molecule has 0 spiro atoms. The number of ether oxygens (including phenoxy) is 1. The first kappa shape index (κ1) is 19.8. The van der Waals surface area contributed by atoms with Crippen molar-refractivity contribution in [3.05, 3.63) is 77.4 Å². The van der Waals surface area contributed by atoms with Crippen LogP contribution in [0.1, 0.15) is 22.5 Å². The van der Waals surface area contributed by atoms with Crippen LogP contribution in [0.25, 0.3) is 0 Å². The van der Waals surface area contributed by atoms with Gasteiger partial charge in [0.2, 0.25) is 0 Å². The van der Waals surface area contributed by atoms with Crippen molar-refractivity contribution in [2.24, 2.45) is 0 Å². The van der Waals surface area contributed by atoms with Gasteiger partial charge in [0.1, 0.15) is 11.5 Å². The van der Waals surface area contributed by atoms with Crippen LogP contribution in [-0.4, -0.2) is 32.8 Å². The average Bonchev–Trinajstić information content (AvgIpc) is 2.70. The molecule has 27 heavy (non-hydrogen) atoms. The van der Waals surface area contributed by atoms with E-state index in [2.05, 4.69) is 23.1 Å². The minimum atomic E-state index is -3.39. The Morgan fingerprint density at radius 1 is 1.04 bits per heavy atom. The lowest BCUT2D eigenvalue weighted by molar-refractivity contribution is 0.193. The van der Waals surface area contributed by atoms with Gasteiger partial charge in [-0.05, 0) is 35.2 Å². The maximum atomic E-state index is 13.5. The third-order valence-corrected chi connectivity index (χ3v) is 7.07. The Morgan fingerprint density at radius 2 is 1.81 bits per heavy atom. The molecule has 0 aliphatic carbocycles. The highest BCUT2D eigenvalue weighted by Gasteiger charge is 2.41. The van der Waals surface area contributed by atoms with Crippen LogP contribution in [0, 0.1) is 0 Å². The zero-order chi connectivity index (χ0) is 19.3. The Bertz CT molecular complexity index is 844. The molecule has 0 amide bonds. The van der Waals surface area contributed by atoms with E-state index >= 15 is 0 Å². The maximum absolute atomic E-state index is 13.5. The number of rotatable bonds is 6. The first-order valence-corrected chi connectivity index (χ1v) is 10.5. The molecule has 0 radical (unpaired) electrons. The van der Waals surface area contributed by atoms with Crippen molar-refractivity contribution < 1.29 is 18.3 Å². The summed E-state index contributed by atoms with van der Waals surface area (Å²) in [5.41, 5.74) is 3.18. The molecular weight excluding hydrogens is 361 g/mol. The van der Waals surface area contributed by atoms with E-state index < -0.39 is 13.4 Å².